The van der Waals surface area contributed by atoms with Gasteiger partial charge in [0.2, 0.25) is 15.9 Å². The van der Waals surface area contributed by atoms with Crippen molar-refractivity contribution in [1.29, 1.82) is 0 Å². The topological polar surface area (TPSA) is 69.7 Å². The van der Waals surface area contributed by atoms with Crippen LogP contribution in [0.15, 0.2) is 47.4 Å². The molecule has 10 heteroatoms. The first-order valence-electron chi connectivity index (χ1n) is 8.94. The molecule has 0 saturated carbocycles. The first-order valence-corrected chi connectivity index (χ1v) is 10.4. The van der Waals surface area contributed by atoms with Crippen LogP contribution in [0.1, 0.15) is 6.92 Å². The minimum atomic E-state index is -3.82. The van der Waals surface area contributed by atoms with Crippen LogP contribution >= 0.6 is 0 Å². The molecule has 2 aromatic carbocycles. The molecule has 1 aliphatic rings. The molecule has 0 bridgehead atoms. The molecular formula is C19H20F3N3O3S. The summed E-state index contributed by atoms with van der Waals surface area (Å²) < 4.78 is 66.2. The van der Waals surface area contributed by atoms with Gasteiger partial charge in [-0.15, -0.1) is 0 Å². The number of amides is 1. The standard InChI is InChI=1S/C19H20F3N3O3S/c1-13(19(26)23-15-5-6-17(21)18(22)12-15)24-7-9-25(10-8-24)29(27,28)16-4-2-3-14(20)11-16/h2-6,11-13H,7-10H2,1H3,(H,23,26). The molecular weight excluding hydrogens is 407 g/mol. The Labute approximate surface area is 167 Å². The summed E-state index contributed by atoms with van der Waals surface area (Å²) in [7, 11) is -3.82. The second kappa shape index (κ2) is 8.52. The van der Waals surface area contributed by atoms with Crippen LogP contribution in [-0.2, 0) is 14.8 Å². The molecule has 29 heavy (non-hydrogen) atoms. The maximum atomic E-state index is 13.4. The zero-order valence-electron chi connectivity index (χ0n) is 15.6. The van der Waals surface area contributed by atoms with E-state index < -0.39 is 39.4 Å². The Bertz CT molecular complexity index is 1010. The summed E-state index contributed by atoms with van der Waals surface area (Å²) in [5.41, 5.74) is 0.132. The largest absolute Gasteiger partial charge is 0.325 e. The molecule has 3 rings (SSSR count). The Balaban J connectivity index is 1.60. The maximum absolute atomic E-state index is 13.4. The van der Waals surface area contributed by atoms with Crippen molar-refractivity contribution < 1.29 is 26.4 Å². The van der Waals surface area contributed by atoms with E-state index in [1.54, 1.807) is 11.8 Å². The summed E-state index contributed by atoms with van der Waals surface area (Å²) >= 11 is 0. The van der Waals surface area contributed by atoms with E-state index in [0.717, 1.165) is 18.2 Å². The van der Waals surface area contributed by atoms with Crippen molar-refractivity contribution in [3.8, 4) is 0 Å². The number of nitrogens with zero attached hydrogens (tertiary/aromatic N) is 2. The molecule has 0 spiro atoms. The molecule has 1 heterocycles. The van der Waals surface area contributed by atoms with Gasteiger partial charge in [-0.1, -0.05) is 6.07 Å². The van der Waals surface area contributed by atoms with E-state index >= 15 is 0 Å². The highest BCUT2D eigenvalue weighted by Crippen LogP contribution is 2.20. The van der Waals surface area contributed by atoms with E-state index in [2.05, 4.69) is 5.32 Å². The van der Waals surface area contributed by atoms with E-state index in [9.17, 15) is 26.4 Å². The van der Waals surface area contributed by atoms with Gasteiger partial charge < -0.3 is 5.32 Å². The van der Waals surface area contributed by atoms with Crippen molar-refractivity contribution in [3.63, 3.8) is 0 Å². The number of rotatable bonds is 5. The second-order valence-electron chi connectivity index (χ2n) is 6.69. The fourth-order valence-corrected chi connectivity index (χ4v) is 4.55. The van der Waals surface area contributed by atoms with Crippen molar-refractivity contribution in [2.75, 3.05) is 31.5 Å². The van der Waals surface area contributed by atoms with Gasteiger partial charge in [-0.2, -0.15) is 4.31 Å². The molecule has 0 radical (unpaired) electrons. The SMILES string of the molecule is CC(C(=O)Nc1ccc(F)c(F)c1)N1CCN(S(=O)(=O)c2cccc(F)c2)CC1. The molecule has 156 valence electrons. The Morgan fingerprint density at radius 3 is 2.31 bits per heavy atom. The van der Waals surface area contributed by atoms with Gasteiger partial charge in [-0.05, 0) is 37.3 Å². The first kappa shape index (κ1) is 21.3. The molecule has 1 amide bonds. The van der Waals surface area contributed by atoms with Crippen LogP contribution in [0.3, 0.4) is 0 Å². The number of hydrogen-bond acceptors (Lipinski definition) is 4. The van der Waals surface area contributed by atoms with Gasteiger partial charge in [0.05, 0.1) is 10.9 Å². The van der Waals surface area contributed by atoms with Gasteiger partial charge in [-0.3, -0.25) is 9.69 Å². The lowest BCUT2D eigenvalue weighted by Crippen LogP contribution is -2.53. The minimum absolute atomic E-state index is 0.116. The highest BCUT2D eigenvalue weighted by Gasteiger charge is 2.32. The molecule has 1 fully saturated rings. The summed E-state index contributed by atoms with van der Waals surface area (Å²) in [4.78, 5) is 14.1. The van der Waals surface area contributed by atoms with Gasteiger partial charge >= 0.3 is 0 Å². The highest BCUT2D eigenvalue weighted by molar-refractivity contribution is 7.89. The Kier molecular flexibility index (Phi) is 6.25. The van der Waals surface area contributed by atoms with E-state index in [0.29, 0.717) is 13.1 Å². The zero-order valence-corrected chi connectivity index (χ0v) is 16.4. The number of piperazine rings is 1. The molecule has 1 atom stereocenters. The fraction of sp³-hybridized carbons (Fsp3) is 0.316. The third-order valence-corrected chi connectivity index (χ3v) is 6.72. The Morgan fingerprint density at radius 1 is 1.00 bits per heavy atom. The molecule has 0 aliphatic carbocycles. The van der Waals surface area contributed by atoms with E-state index in [1.165, 1.54) is 28.6 Å². The minimum Gasteiger partial charge on any atom is -0.325 e. The maximum Gasteiger partial charge on any atom is 0.243 e. The quantitative estimate of drug-likeness (QED) is 0.796. The van der Waals surface area contributed by atoms with Crippen molar-refractivity contribution in [2.45, 2.75) is 17.9 Å². The number of anilines is 1. The van der Waals surface area contributed by atoms with Crippen LogP contribution in [0, 0.1) is 17.5 Å². The van der Waals surface area contributed by atoms with Crippen LogP contribution < -0.4 is 5.32 Å². The van der Waals surface area contributed by atoms with Crippen LogP contribution in [0.25, 0.3) is 0 Å². The zero-order chi connectivity index (χ0) is 21.2. The van der Waals surface area contributed by atoms with Crippen molar-refractivity contribution in [2.24, 2.45) is 0 Å². The predicted octanol–water partition coefficient (Wildman–Crippen LogP) is 2.44. The Hall–Kier alpha value is -2.43. The van der Waals surface area contributed by atoms with E-state index in [-0.39, 0.29) is 23.7 Å². The van der Waals surface area contributed by atoms with Crippen LogP contribution in [0.5, 0.6) is 0 Å². The van der Waals surface area contributed by atoms with E-state index in [4.69, 9.17) is 0 Å². The summed E-state index contributed by atoms with van der Waals surface area (Å²) in [5.74, 6) is -3.12. The molecule has 0 aromatic heterocycles. The number of benzene rings is 2. The van der Waals surface area contributed by atoms with Crippen molar-refractivity contribution in [3.05, 3.63) is 59.9 Å². The average molecular weight is 427 g/mol. The van der Waals surface area contributed by atoms with Crippen LogP contribution in [0.4, 0.5) is 18.9 Å². The van der Waals surface area contributed by atoms with Crippen molar-refractivity contribution in [1.82, 2.24) is 9.21 Å². The molecule has 1 aliphatic heterocycles. The Morgan fingerprint density at radius 2 is 1.69 bits per heavy atom. The fourth-order valence-electron chi connectivity index (χ4n) is 3.09. The lowest BCUT2D eigenvalue weighted by atomic mass is 10.2. The molecule has 1 saturated heterocycles. The number of sulfonamides is 1. The predicted molar refractivity (Wildman–Crippen MR) is 101 cm³/mol. The lowest BCUT2D eigenvalue weighted by molar-refractivity contribution is -0.121. The summed E-state index contributed by atoms with van der Waals surface area (Å²) in [6.07, 6.45) is 0. The summed E-state index contributed by atoms with van der Waals surface area (Å²) in [5, 5.41) is 2.52. The second-order valence-corrected chi connectivity index (χ2v) is 8.63. The van der Waals surface area contributed by atoms with Gasteiger partial charge in [-0.25, -0.2) is 21.6 Å². The summed E-state index contributed by atoms with van der Waals surface area (Å²) in [6.45, 7) is 2.51. The number of carbonyl (C=O) groups excluding carboxylic acids is 1. The molecule has 2 aromatic rings. The number of carbonyl (C=O) groups is 1. The molecule has 1 N–H and O–H groups in total. The monoisotopic (exact) mass is 427 g/mol. The lowest BCUT2D eigenvalue weighted by Gasteiger charge is -2.36. The molecule has 6 nitrogen and oxygen atoms in total. The normalized spacial score (nSPS) is 17.1. The number of halogens is 3. The van der Waals surface area contributed by atoms with Crippen molar-refractivity contribution >= 4 is 21.6 Å². The van der Waals surface area contributed by atoms with Gasteiger partial charge in [0.15, 0.2) is 11.6 Å². The molecule has 1 unspecified atom stereocenters. The average Bonchev–Trinajstić information content (AvgIpc) is 2.70. The highest BCUT2D eigenvalue weighted by atomic mass is 32.2. The van der Waals surface area contributed by atoms with Gasteiger partial charge in [0.1, 0.15) is 5.82 Å². The smallest absolute Gasteiger partial charge is 0.243 e. The first-order chi connectivity index (χ1) is 13.7. The number of hydrogen-bond donors (Lipinski definition) is 1. The van der Waals surface area contributed by atoms with Gasteiger partial charge in [0, 0.05) is 37.9 Å². The summed E-state index contributed by atoms with van der Waals surface area (Å²) in [6, 6.07) is 7.28. The van der Waals surface area contributed by atoms with E-state index in [1.807, 2.05) is 0 Å². The van der Waals surface area contributed by atoms with Crippen LogP contribution in [0.2, 0.25) is 0 Å². The third-order valence-electron chi connectivity index (χ3n) is 4.82. The third kappa shape index (κ3) is 4.77. The van der Waals surface area contributed by atoms with Crippen LogP contribution in [-0.4, -0.2) is 55.8 Å². The number of nitrogens with one attached hydrogen (secondary N) is 1. The van der Waals surface area contributed by atoms with Gasteiger partial charge in [0.25, 0.3) is 0 Å².